The van der Waals surface area contributed by atoms with E-state index >= 15 is 0 Å². The molecule has 0 aliphatic heterocycles. The normalized spacial score (nSPS) is 12.0. The minimum absolute atomic E-state index is 0.380. The van der Waals surface area contributed by atoms with Crippen LogP contribution in [0.5, 0.6) is 0 Å². The van der Waals surface area contributed by atoms with Gasteiger partial charge in [0.15, 0.2) is 0 Å². The van der Waals surface area contributed by atoms with E-state index in [2.05, 4.69) is 6.92 Å². The first-order valence-electron chi connectivity index (χ1n) is 20.6. The third-order valence-electron chi connectivity index (χ3n) is 8.40. The summed E-state index contributed by atoms with van der Waals surface area (Å²) >= 11 is 0. The largest absolute Gasteiger partial charge is 0.501 e. The summed E-state index contributed by atoms with van der Waals surface area (Å²) in [6, 6.07) is 0.742. The molecule has 0 bridgehead atoms. The molecule has 0 aromatic rings. The fourth-order valence-corrected chi connectivity index (χ4v) is 7.94. The van der Waals surface area contributed by atoms with Crippen LogP contribution in [0.15, 0.2) is 0 Å². The van der Waals surface area contributed by atoms with Crippen LogP contribution in [0.4, 0.5) is 0 Å². The number of ether oxygens (including phenoxy) is 9. The third kappa shape index (κ3) is 39.4. The fraction of sp³-hybridized carbons (Fsp3) is 1.00. The van der Waals surface area contributed by atoms with Crippen LogP contribution in [0.25, 0.3) is 0 Å². The molecule has 0 N–H and O–H groups in total. The molecular formula is C39H82O12Si. The topological polar surface area (TPSA) is 111 Å². The van der Waals surface area contributed by atoms with Gasteiger partial charge in [0.05, 0.1) is 119 Å². The second kappa shape index (κ2) is 45.1. The Labute approximate surface area is 320 Å². The van der Waals surface area contributed by atoms with Crippen LogP contribution in [0.1, 0.15) is 110 Å². The van der Waals surface area contributed by atoms with E-state index in [0.29, 0.717) is 119 Å². The Kier molecular flexibility index (Phi) is 44.9. The van der Waals surface area contributed by atoms with Gasteiger partial charge in [-0.1, -0.05) is 103 Å². The van der Waals surface area contributed by atoms with Gasteiger partial charge < -0.3 is 55.9 Å². The van der Waals surface area contributed by atoms with Crippen molar-refractivity contribution in [3.8, 4) is 0 Å². The van der Waals surface area contributed by atoms with E-state index in [1.807, 2.05) is 0 Å². The van der Waals surface area contributed by atoms with Crippen LogP contribution in [0, 0.1) is 0 Å². The molecule has 0 amide bonds. The zero-order valence-corrected chi connectivity index (χ0v) is 35.1. The lowest BCUT2D eigenvalue weighted by molar-refractivity contribution is -0.0207. The van der Waals surface area contributed by atoms with Crippen molar-refractivity contribution < 1.29 is 55.9 Å². The molecule has 0 rings (SSSR count). The zero-order chi connectivity index (χ0) is 37.7. The van der Waals surface area contributed by atoms with Gasteiger partial charge in [0.2, 0.25) is 0 Å². The second-order valence-corrected chi connectivity index (χ2v) is 15.7. The van der Waals surface area contributed by atoms with E-state index in [9.17, 15) is 0 Å². The molecule has 0 heterocycles. The van der Waals surface area contributed by atoms with Gasteiger partial charge in [-0.15, -0.1) is 0 Å². The first-order chi connectivity index (χ1) is 25.7. The maximum absolute atomic E-state index is 6.46. The number of methoxy groups -OCH3 is 3. The summed E-state index contributed by atoms with van der Waals surface area (Å²) in [5, 5.41) is 0. The highest BCUT2D eigenvalue weighted by Crippen LogP contribution is 2.21. The lowest BCUT2D eigenvalue weighted by atomic mass is 10.0. The Bertz CT molecular complexity index is 597. The van der Waals surface area contributed by atoms with Crippen LogP contribution in [-0.4, -0.2) is 149 Å². The van der Waals surface area contributed by atoms with Crippen LogP contribution in [0.3, 0.4) is 0 Å². The molecule has 0 aliphatic carbocycles. The van der Waals surface area contributed by atoms with E-state index in [4.69, 9.17) is 55.9 Å². The Morgan fingerprint density at radius 2 is 0.500 bits per heavy atom. The van der Waals surface area contributed by atoms with Gasteiger partial charge in [0, 0.05) is 27.4 Å². The molecule has 0 saturated carbocycles. The van der Waals surface area contributed by atoms with E-state index in [1.54, 1.807) is 21.3 Å². The molecule has 52 heavy (non-hydrogen) atoms. The summed E-state index contributed by atoms with van der Waals surface area (Å²) in [4.78, 5) is 0. The Morgan fingerprint density at radius 1 is 0.269 bits per heavy atom. The van der Waals surface area contributed by atoms with Crippen molar-refractivity contribution in [1.29, 1.82) is 0 Å². The lowest BCUT2D eigenvalue weighted by Gasteiger charge is -2.30. The van der Waals surface area contributed by atoms with Crippen molar-refractivity contribution in [2.75, 3.05) is 140 Å². The predicted molar refractivity (Wildman–Crippen MR) is 209 cm³/mol. The van der Waals surface area contributed by atoms with Gasteiger partial charge in [0.25, 0.3) is 0 Å². The van der Waals surface area contributed by atoms with Crippen molar-refractivity contribution in [2.24, 2.45) is 0 Å². The SMILES string of the molecule is CCCCCCCCCCCCCCCCCC[Si](OCCOCCOCCOC)(OCCOCCOCCOC)OCCOCCOCCOC. The minimum Gasteiger partial charge on any atom is -0.382 e. The number of unbranched alkanes of at least 4 members (excludes halogenated alkanes) is 15. The number of rotatable bonds is 47. The maximum atomic E-state index is 6.46. The quantitative estimate of drug-likeness (QED) is 0.0459. The highest BCUT2D eigenvalue weighted by Gasteiger charge is 2.40. The molecule has 0 aromatic carbocycles. The van der Waals surface area contributed by atoms with Gasteiger partial charge >= 0.3 is 8.80 Å². The summed E-state index contributed by atoms with van der Waals surface area (Å²) in [6.07, 6.45) is 21.2. The molecule has 0 fully saturated rings. The predicted octanol–water partition coefficient (Wildman–Crippen LogP) is 7.28. The smallest absolute Gasteiger partial charge is 0.382 e. The monoisotopic (exact) mass is 771 g/mol. The fourth-order valence-electron chi connectivity index (χ4n) is 5.39. The van der Waals surface area contributed by atoms with E-state index in [1.165, 1.54) is 89.9 Å². The first-order valence-corrected chi connectivity index (χ1v) is 22.5. The van der Waals surface area contributed by atoms with Gasteiger partial charge in [-0.2, -0.15) is 0 Å². The van der Waals surface area contributed by atoms with Gasteiger partial charge in [-0.25, -0.2) is 0 Å². The van der Waals surface area contributed by atoms with Crippen LogP contribution in [0.2, 0.25) is 6.04 Å². The Morgan fingerprint density at radius 3 is 0.769 bits per heavy atom. The molecule has 0 aliphatic rings. The van der Waals surface area contributed by atoms with Crippen molar-refractivity contribution >= 4 is 8.80 Å². The second-order valence-electron chi connectivity index (χ2n) is 12.9. The average molecular weight is 771 g/mol. The zero-order valence-electron chi connectivity index (χ0n) is 34.1. The Hall–Kier alpha value is -0.263. The van der Waals surface area contributed by atoms with E-state index < -0.39 is 8.80 Å². The van der Waals surface area contributed by atoms with Crippen molar-refractivity contribution in [3.05, 3.63) is 0 Å². The first kappa shape index (κ1) is 51.7. The van der Waals surface area contributed by atoms with Crippen molar-refractivity contribution in [1.82, 2.24) is 0 Å². The van der Waals surface area contributed by atoms with Crippen LogP contribution in [-0.2, 0) is 55.9 Å². The Balaban J connectivity index is 4.74. The van der Waals surface area contributed by atoms with Crippen molar-refractivity contribution in [3.63, 3.8) is 0 Å². The van der Waals surface area contributed by atoms with Crippen molar-refractivity contribution in [2.45, 2.75) is 116 Å². The maximum Gasteiger partial charge on any atom is 0.501 e. The number of hydrogen-bond donors (Lipinski definition) is 0. The molecule has 0 radical (unpaired) electrons. The molecule has 0 saturated heterocycles. The molecule has 0 unspecified atom stereocenters. The molecule has 0 spiro atoms. The summed E-state index contributed by atoms with van der Waals surface area (Å²) < 4.78 is 68.2. The summed E-state index contributed by atoms with van der Waals surface area (Å²) in [5.74, 6) is 0. The van der Waals surface area contributed by atoms with E-state index in [-0.39, 0.29) is 0 Å². The van der Waals surface area contributed by atoms with E-state index in [0.717, 1.165) is 18.9 Å². The molecule has 0 aromatic heterocycles. The summed E-state index contributed by atoms with van der Waals surface area (Å²) in [5.41, 5.74) is 0. The molecule has 314 valence electrons. The standard InChI is InChI=1S/C39H82O12Si/c1-5-6-7-8-9-10-11-12-13-14-15-16-17-18-19-20-39-52(49-36-33-46-30-27-43-24-21-40-2,50-37-34-47-31-28-44-25-22-41-3)51-38-35-48-32-29-45-26-23-42-4/h5-39H2,1-4H3. The third-order valence-corrected chi connectivity index (χ3v) is 11.3. The molecule has 0 atom stereocenters. The van der Waals surface area contributed by atoms with Gasteiger partial charge in [-0.3, -0.25) is 0 Å². The van der Waals surface area contributed by atoms with Gasteiger partial charge in [-0.05, 0) is 6.42 Å². The minimum atomic E-state index is -3.04. The highest BCUT2D eigenvalue weighted by molar-refractivity contribution is 6.60. The number of hydrogen-bond acceptors (Lipinski definition) is 12. The summed E-state index contributed by atoms with van der Waals surface area (Å²) in [6.45, 7) is 11.1. The van der Waals surface area contributed by atoms with Crippen LogP contribution >= 0.6 is 0 Å². The highest BCUT2D eigenvalue weighted by atomic mass is 28.4. The molecule has 13 heteroatoms. The summed E-state index contributed by atoms with van der Waals surface area (Å²) in [7, 11) is 1.94. The average Bonchev–Trinajstić information content (AvgIpc) is 3.15. The molecular weight excluding hydrogens is 689 g/mol. The van der Waals surface area contributed by atoms with Gasteiger partial charge in [0.1, 0.15) is 0 Å². The van der Waals surface area contributed by atoms with Crippen LogP contribution < -0.4 is 0 Å². The lowest BCUT2D eigenvalue weighted by Crippen LogP contribution is -2.48. The molecule has 12 nitrogen and oxygen atoms in total.